The van der Waals surface area contributed by atoms with Gasteiger partial charge in [0.25, 0.3) is 11.4 Å². The minimum absolute atomic E-state index is 0.131. The van der Waals surface area contributed by atoms with Gasteiger partial charge in [-0.1, -0.05) is 23.7 Å². The predicted octanol–water partition coefficient (Wildman–Crippen LogP) is 5.19. The Balaban J connectivity index is 1.62. The lowest BCUT2D eigenvalue weighted by molar-refractivity contribution is 0.0523. The number of ether oxygens (including phenoxy) is 2. The van der Waals surface area contributed by atoms with E-state index in [-0.39, 0.29) is 30.5 Å². The van der Waals surface area contributed by atoms with E-state index in [1.54, 1.807) is 55.5 Å². The summed E-state index contributed by atoms with van der Waals surface area (Å²) in [7, 11) is 0. The summed E-state index contributed by atoms with van der Waals surface area (Å²) < 4.78 is 25.6. The molecule has 0 atom stereocenters. The van der Waals surface area contributed by atoms with Crippen LogP contribution in [0.4, 0.5) is 16.0 Å². The van der Waals surface area contributed by atoms with Gasteiger partial charge in [-0.3, -0.25) is 9.36 Å². The van der Waals surface area contributed by atoms with Gasteiger partial charge in [0.15, 0.2) is 5.82 Å². The first-order valence-corrected chi connectivity index (χ1v) is 11.0. The number of pyridine rings is 1. The zero-order chi connectivity index (χ0) is 24.8. The second-order valence-electron chi connectivity index (χ2n) is 7.28. The molecule has 0 aliphatic rings. The maximum absolute atomic E-state index is 13.8. The first-order chi connectivity index (χ1) is 16.9. The molecule has 4 aromatic rings. The molecule has 178 valence electrons. The van der Waals surface area contributed by atoms with E-state index in [9.17, 15) is 14.0 Å². The minimum atomic E-state index is -0.746. The van der Waals surface area contributed by atoms with Crippen LogP contribution in [0, 0.1) is 5.82 Å². The summed E-state index contributed by atoms with van der Waals surface area (Å²) in [6.07, 6.45) is 2.61. The Morgan fingerprint density at radius 3 is 2.51 bits per heavy atom. The Labute approximate surface area is 205 Å². The molecule has 0 amide bonds. The molecule has 0 radical (unpaired) electrons. The number of hydrogen-bond acceptors (Lipinski definition) is 7. The highest BCUT2D eigenvalue weighted by Crippen LogP contribution is 2.24. The van der Waals surface area contributed by atoms with Crippen molar-refractivity contribution in [2.45, 2.75) is 13.5 Å². The Hall–Kier alpha value is -4.24. The highest BCUT2D eigenvalue weighted by molar-refractivity contribution is 6.30. The van der Waals surface area contributed by atoms with Crippen molar-refractivity contribution in [2.24, 2.45) is 0 Å². The van der Waals surface area contributed by atoms with Crippen LogP contribution >= 0.6 is 11.6 Å². The summed E-state index contributed by atoms with van der Waals surface area (Å²) in [5.41, 5.74) is 0.636. The van der Waals surface area contributed by atoms with Gasteiger partial charge in [0.1, 0.15) is 11.3 Å². The van der Waals surface area contributed by atoms with Crippen molar-refractivity contribution in [1.29, 1.82) is 0 Å². The van der Waals surface area contributed by atoms with Crippen LogP contribution in [0.25, 0.3) is 0 Å². The van der Waals surface area contributed by atoms with E-state index in [1.165, 1.54) is 29.1 Å². The number of benzene rings is 2. The SMILES string of the molecule is CCOC(=O)c1cnc(Nc2ccc(Oc3ncccc3F)cc2)n(Cc2ccc(Cl)cc2)c1=O. The molecule has 0 aliphatic carbocycles. The fraction of sp³-hybridized carbons (Fsp3) is 0.120. The van der Waals surface area contributed by atoms with Crippen LogP contribution in [0.3, 0.4) is 0 Å². The normalized spacial score (nSPS) is 10.6. The Morgan fingerprint density at radius 1 is 1.09 bits per heavy atom. The number of esters is 1. The largest absolute Gasteiger partial charge is 0.462 e. The molecule has 4 rings (SSSR count). The first kappa shape index (κ1) is 23.9. The van der Waals surface area contributed by atoms with E-state index in [1.807, 2.05) is 0 Å². The predicted molar refractivity (Wildman–Crippen MR) is 129 cm³/mol. The highest BCUT2D eigenvalue weighted by Gasteiger charge is 2.18. The Bertz CT molecular complexity index is 1390. The molecule has 35 heavy (non-hydrogen) atoms. The van der Waals surface area contributed by atoms with Crippen LogP contribution in [0.5, 0.6) is 11.6 Å². The average Bonchev–Trinajstić information content (AvgIpc) is 2.85. The fourth-order valence-corrected chi connectivity index (χ4v) is 3.28. The lowest BCUT2D eigenvalue weighted by atomic mass is 10.2. The zero-order valence-corrected chi connectivity index (χ0v) is 19.3. The quantitative estimate of drug-likeness (QED) is 0.337. The van der Waals surface area contributed by atoms with Gasteiger partial charge in [0.05, 0.1) is 19.3 Å². The third-order valence-electron chi connectivity index (χ3n) is 4.85. The number of nitrogens with one attached hydrogen (secondary N) is 1. The van der Waals surface area contributed by atoms with Gasteiger partial charge in [-0.25, -0.2) is 19.2 Å². The highest BCUT2D eigenvalue weighted by atomic mass is 35.5. The number of nitrogens with zero attached hydrogens (tertiary/aromatic N) is 3. The van der Waals surface area contributed by atoms with Gasteiger partial charge in [-0.05, 0) is 61.0 Å². The molecule has 0 bridgehead atoms. The maximum atomic E-state index is 13.8. The number of carbonyl (C=O) groups excluding carboxylic acids is 1. The van der Waals surface area contributed by atoms with Gasteiger partial charge < -0.3 is 14.8 Å². The van der Waals surface area contributed by atoms with Crippen molar-refractivity contribution in [3.8, 4) is 11.6 Å². The van der Waals surface area contributed by atoms with E-state index in [0.717, 1.165) is 5.56 Å². The van der Waals surface area contributed by atoms with Crippen LogP contribution in [-0.4, -0.2) is 27.1 Å². The summed E-state index contributed by atoms with van der Waals surface area (Å²) in [5, 5.41) is 3.63. The van der Waals surface area contributed by atoms with Gasteiger partial charge in [-0.2, -0.15) is 0 Å². The number of aromatic nitrogens is 3. The second-order valence-corrected chi connectivity index (χ2v) is 7.71. The van der Waals surface area contributed by atoms with Crippen LogP contribution in [0.1, 0.15) is 22.8 Å². The molecule has 0 unspecified atom stereocenters. The summed E-state index contributed by atoms with van der Waals surface area (Å²) in [6, 6.07) is 16.3. The fourth-order valence-electron chi connectivity index (χ4n) is 3.15. The molecule has 0 saturated heterocycles. The van der Waals surface area contributed by atoms with Crippen molar-refractivity contribution >= 4 is 29.2 Å². The number of halogens is 2. The minimum Gasteiger partial charge on any atom is -0.462 e. The summed E-state index contributed by atoms with van der Waals surface area (Å²) in [6.45, 7) is 1.92. The molecule has 0 spiro atoms. The molecule has 0 fully saturated rings. The average molecular weight is 495 g/mol. The van der Waals surface area contributed by atoms with Crippen LogP contribution in [0.2, 0.25) is 5.02 Å². The Kier molecular flexibility index (Phi) is 7.37. The van der Waals surface area contributed by atoms with Crippen molar-refractivity contribution in [3.63, 3.8) is 0 Å². The summed E-state index contributed by atoms with van der Waals surface area (Å²) in [4.78, 5) is 33.5. The van der Waals surface area contributed by atoms with E-state index in [2.05, 4.69) is 15.3 Å². The zero-order valence-electron chi connectivity index (χ0n) is 18.6. The molecule has 2 aromatic carbocycles. The first-order valence-electron chi connectivity index (χ1n) is 10.6. The molecular formula is C25H20ClFN4O4. The van der Waals surface area contributed by atoms with E-state index in [0.29, 0.717) is 16.5 Å². The van der Waals surface area contributed by atoms with Crippen LogP contribution < -0.4 is 15.6 Å². The summed E-state index contributed by atoms with van der Waals surface area (Å²) >= 11 is 5.97. The molecule has 2 heterocycles. The monoisotopic (exact) mass is 494 g/mol. The number of hydrogen-bond donors (Lipinski definition) is 1. The molecule has 2 aromatic heterocycles. The smallest absolute Gasteiger partial charge is 0.345 e. The van der Waals surface area contributed by atoms with Gasteiger partial charge in [0.2, 0.25) is 5.95 Å². The van der Waals surface area contributed by atoms with Crippen molar-refractivity contribution in [3.05, 3.63) is 105 Å². The third kappa shape index (κ3) is 5.82. The second kappa shape index (κ2) is 10.8. The summed E-state index contributed by atoms with van der Waals surface area (Å²) in [5.74, 6) is -0.877. The van der Waals surface area contributed by atoms with Gasteiger partial charge in [-0.15, -0.1) is 0 Å². The molecule has 8 nitrogen and oxygen atoms in total. The van der Waals surface area contributed by atoms with Crippen LogP contribution in [0.15, 0.2) is 77.9 Å². The number of carbonyl (C=O) groups is 1. The maximum Gasteiger partial charge on any atom is 0.345 e. The van der Waals surface area contributed by atoms with Gasteiger partial charge >= 0.3 is 5.97 Å². The van der Waals surface area contributed by atoms with E-state index < -0.39 is 17.3 Å². The van der Waals surface area contributed by atoms with Crippen LogP contribution in [-0.2, 0) is 11.3 Å². The van der Waals surface area contributed by atoms with Gasteiger partial charge in [0, 0.05) is 16.9 Å². The molecular weight excluding hydrogens is 475 g/mol. The standard InChI is InChI=1S/C25H20ClFN4O4/c1-2-34-24(33)20-14-29-25(31(23(20)32)15-16-5-7-17(26)8-6-16)30-18-9-11-19(12-10-18)35-22-21(27)4-3-13-28-22/h3-14H,2,15H2,1H3,(H,29,30). The molecule has 0 aliphatic heterocycles. The van der Waals surface area contributed by atoms with Crippen molar-refractivity contribution < 1.29 is 18.7 Å². The number of rotatable bonds is 8. The molecule has 0 saturated carbocycles. The number of anilines is 2. The topological polar surface area (TPSA) is 95.3 Å². The third-order valence-corrected chi connectivity index (χ3v) is 5.10. The Morgan fingerprint density at radius 2 is 1.83 bits per heavy atom. The van der Waals surface area contributed by atoms with Crippen molar-refractivity contribution in [1.82, 2.24) is 14.5 Å². The molecule has 10 heteroatoms. The lowest BCUT2D eigenvalue weighted by Gasteiger charge is -2.15. The lowest BCUT2D eigenvalue weighted by Crippen LogP contribution is -2.30. The van der Waals surface area contributed by atoms with Crippen molar-refractivity contribution in [2.75, 3.05) is 11.9 Å². The van der Waals surface area contributed by atoms with E-state index >= 15 is 0 Å². The van der Waals surface area contributed by atoms with E-state index in [4.69, 9.17) is 21.1 Å². The molecule has 1 N–H and O–H groups in total.